The lowest BCUT2D eigenvalue weighted by molar-refractivity contribution is 0.0874. The van der Waals surface area contributed by atoms with Crippen LogP contribution in [0.15, 0.2) is 30.3 Å². The largest absolute Gasteiger partial charge is 0.395 e. The highest BCUT2D eigenvalue weighted by Crippen LogP contribution is 2.13. The molecule has 1 aromatic carbocycles. The molecule has 1 aromatic rings. The Labute approximate surface area is 95.8 Å². The Bertz CT molecular complexity index is 273. The van der Waals surface area contributed by atoms with Gasteiger partial charge in [0.2, 0.25) is 0 Å². The molecular formula is C12H19NO3. The highest BCUT2D eigenvalue weighted by Gasteiger charge is 2.12. The van der Waals surface area contributed by atoms with Crippen LogP contribution < -0.4 is 0 Å². The van der Waals surface area contributed by atoms with E-state index in [1.54, 1.807) is 0 Å². The van der Waals surface area contributed by atoms with E-state index < -0.39 is 6.10 Å². The molecular weight excluding hydrogens is 206 g/mol. The quantitative estimate of drug-likeness (QED) is 0.611. The smallest absolute Gasteiger partial charge is 0.0916 e. The monoisotopic (exact) mass is 225 g/mol. The van der Waals surface area contributed by atoms with Gasteiger partial charge in [0.25, 0.3) is 0 Å². The van der Waals surface area contributed by atoms with Crippen molar-refractivity contribution in [2.24, 2.45) is 0 Å². The Kier molecular flexibility index (Phi) is 6.03. The molecule has 0 saturated carbocycles. The number of benzene rings is 1. The van der Waals surface area contributed by atoms with E-state index in [2.05, 4.69) is 0 Å². The summed E-state index contributed by atoms with van der Waals surface area (Å²) >= 11 is 0. The van der Waals surface area contributed by atoms with Crippen LogP contribution >= 0.6 is 0 Å². The van der Waals surface area contributed by atoms with E-state index >= 15 is 0 Å². The molecule has 1 atom stereocenters. The first-order valence-corrected chi connectivity index (χ1v) is 5.45. The predicted molar refractivity (Wildman–Crippen MR) is 62.0 cm³/mol. The van der Waals surface area contributed by atoms with E-state index in [9.17, 15) is 5.11 Å². The molecule has 4 heteroatoms. The van der Waals surface area contributed by atoms with Gasteiger partial charge < -0.3 is 15.3 Å². The lowest BCUT2D eigenvalue weighted by Crippen LogP contribution is -2.33. The lowest BCUT2D eigenvalue weighted by atomic mass is 10.1. The number of aliphatic hydroxyl groups is 3. The van der Waals surface area contributed by atoms with Crippen LogP contribution in [0.2, 0.25) is 0 Å². The Morgan fingerprint density at radius 2 is 1.56 bits per heavy atom. The van der Waals surface area contributed by atoms with E-state index in [0.29, 0.717) is 19.6 Å². The van der Waals surface area contributed by atoms with Gasteiger partial charge in [0.1, 0.15) is 0 Å². The second-order valence-corrected chi connectivity index (χ2v) is 3.67. The SMILES string of the molecule is OCCN(CCO)CC(O)c1ccccc1. The maximum Gasteiger partial charge on any atom is 0.0916 e. The molecule has 0 aliphatic rings. The summed E-state index contributed by atoms with van der Waals surface area (Å²) in [4.78, 5) is 1.83. The number of aliphatic hydroxyl groups excluding tert-OH is 3. The maximum atomic E-state index is 9.94. The zero-order chi connectivity index (χ0) is 11.8. The summed E-state index contributed by atoms with van der Waals surface area (Å²) in [5.74, 6) is 0. The molecule has 1 unspecified atom stereocenters. The molecule has 0 aromatic heterocycles. The van der Waals surface area contributed by atoms with Gasteiger partial charge in [-0.1, -0.05) is 30.3 Å². The van der Waals surface area contributed by atoms with Crippen molar-refractivity contribution in [3.63, 3.8) is 0 Å². The molecule has 0 fully saturated rings. The van der Waals surface area contributed by atoms with Crippen molar-refractivity contribution in [2.75, 3.05) is 32.8 Å². The number of hydrogen-bond donors (Lipinski definition) is 3. The van der Waals surface area contributed by atoms with Crippen LogP contribution in [0.25, 0.3) is 0 Å². The van der Waals surface area contributed by atoms with Crippen LogP contribution in [0, 0.1) is 0 Å². The van der Waals surface area contributed by atoms with Crippen LogP contribution in [0.1, 0.15) is 11.7 Å². The van der Waals surface area contributed by atoms with Crippen molar-refractivity contribution in [3.05, 3.63) is 35.9 Å². The Balaban J connectivity index is 2.50. The van der Waals surface area contributed by atoms with E-state index in [4.69, 9.17) is 10.2 Å². The minimum Gasteiger partial charge on any atom is -0.395 e. The molecule has 0 aliphatic heterocycles. The number of nitrogens with zero attached hydrogens (tertiary/aromatic N) is 1. The second kappa shape index (κ2) is 7.35. The van der Waals surface area contributed by atoms with Gasteiger partial charge in [-0.2, -0.15) is 0 Å². The van der Waals surface area contributed by atoms with Crippen LogP contribution in [-0.4, -0.2) is 53.1 Å². The van der Waals surface area contributed by atoms with Crippen LogP contribution in [-0.2, 0) is 0 Å². The topological polar surface area (TPSA) is 63.9 Å². The molecule has 0 spiro atoms. The third-order valence-electron chi connectivity index (χ3n) is 2.45. The summed E-state index contributed by atoms with van der Waals surface area (Å²) in [6, 6.07) is 9.37. The molecule has 4 nitrogen and oxygen atoms in total. The van der Waals surface area contributed by atoms with Gasteiger partial charge in [-0.15, -0.1) is 0 Å². The molecule has 3 N–H and O–H groups in total. The third kappa shape index (κ3) is 4.28. The van der Waals surface area contributed by atoms with Gasteiger partial charge in [-0.05, 0) is 5.56 Å². The maximum absolute atomic E-state index is 9.94. The zero-order valence-electron chi connectivity index (χ0n) is 9.29. The van der Waals surface area contributed by atoms with Crippen LogP contribution in [0.4, 0.5) is 0 Å². The van der Waals surface area contributed by atoms with Gasteiger partial charge in [-0.25, -0.2) is 0 Å². The first-order valence-electron chi connectivity index (χ1n) is 5.45. The fraction of sp³-hybridized carbons (Fsp3) is 0.500. The molecule has 0 radical (unpaired) electrons. The molecule has 0 saturated heterocycles. The van der Waals surface area contributed by atoms with E-state index in [1.807, 2.05) is 35.2 Å². The van der Waals surface area contributed by atoms with Gasteiger partial charge in [0.05, 0.1) is 19.3 Å². The summed E-state index contributed by atoms with van der Waals surface area (Å²) < 4.78 is 0. The van der Waals surface area contributed by atoms with E-state index in [-0.39, 0.29) is 13.2 Å². The van der Waals surface area contributed by atoms with Crippen molar-refractivity contribution in [3.8, 4) is 0 Å². The fourth-order valence-electron chi connectivity index (χ4n) is 1.60. The average molecular weight is 225 g/mol. The van der Waals surface area contributed by atoms with Crippen molar-refractivity contribution >= 4 is 0 Å². The summed E-state index contributed by atoms with van der Waals surface area (Å²) in [6.45, 7) is 1.41. The molecule has 0 bridgehead atoms. The third-order valence-corrected chi connectivity index (χ3v) is 2.45. The van der Waals surface area contributed by atoms with Gasteiger partial charge in [0.15, 0.2) is 0 Å². The van der Waals surface area contributed by atoms with Crippen LogP contribution in [0.3, 0.4) is 0 Å². The van der Waals surface area contributed by atoms with E-state index in [0.717, 1.165) is 5.56 Å². The zero-order valence-corrected chi connectivity index (χ0v) is 9.29. The average Bonchev–Trinajstić information content (AvgIpc) is 2.31. The van der Waals surface area contributed by atoms with E-state index in [1.165, 1.54) is 0 Å². The van der Waals surface area contributed by atoms with Gasteiger partial charge >= 0.3 is 0 Å². The molecule has 0 heterocycles. The van der Waals surface area contributed by atoms with Crippen molar-refractivity contribution in [2.45, 2.75) is 6.10 Å². The van der Waals surface area contributed by atoms with Crippen molar-refractivity contribution < 1.29 is 15.3 Å². The second-order valence-electron chi connectivity index (χ2n) is 3.67. The van der Waals surface area contributed by atoms with Crippen molar-refractivity contribution in [1.82, 2.24) is 4.90 Å². The Morgan fingerprint density at radius 3 is 2.06 bits per heavy atom. The molecule has 90 valence electrons. The predicted octanol–water partition coefficient (Wildman–Crippen LogP) is 0.00660. The summed E-state index contributed by atoms with van der Waals surface area (Å²) in [6.07, 6.45) is -0.584. The molecule has 0 aliphatic carbocycles. The van der Waals surface area contributed by atoms with Crippen molar-refractivity contribution in [1.29, 1.82) is 0 Å². The first kappa shape index (κ1) is 13.1. The highest BCUT2D eigenvalue weighted by molar-refractivity contribution is 5.17. The lowest BCUT2D eigenvalue weighted by Gasteiger charge is -2.23. The number of hydrogen-bond acceptors (Lipinski definition) is 4. The Hall–Kier alpha value is -0.940. The standard InChI is InChI=1S/C12H19NO3/c14-8-6-13(7-9-15)10-12(16)11-4-2-1-3-5-11/h1-5,12,14-16H,6-10H2. The normalized spacial score (nSPS) is 13.0. The van der Waals surface area contributed by atoms with Gasteiger partial charge in [0, 0.05) is 19.6 Å². The van der Waals surface area contributed by atoms with Crippen LogP contribution in [0.5, 0.6) is 0 Å². The summed E-state index contributed by atoms with van der Waals surface area (Å²) in [7, 11) is 0. The molecule has 0 amide bonds. The summed E-state index contributed by atoms with van der Waals surface area (Å²) in [5, 5.41) is 27.6. The Morgan fingerprint density at radius 1 is 1.00 bits per heavy atom. The fourth-order valence-corrected chi connectivity index (χ4v) is 1.60. The minimum absolute atomic E-state index is 0.0293. The van der Waals surface area contributed by atoms with Gasteiger partial charge in [-0.3, -0.25) is 4.90 Å². The molecule has 16 heavy (non-hydrogen) atoms. The minimum atomic E-state index is -0.584. The highest BCUT2D eigenvalue weighted by atomic mass is 16.3. The molecule has 1 rings (SSSR count). The summed E-state index contributed by atoms with van der Waals surface area (Å²) in [5.41, 5.74) is 0.850. The first-order chi connectivity index (χ1) is 7.77. The number of rotatable bonds is 7.